The molecule has 0 aliphatic heterocycles. The van der Waals surface area contributed by atoms with Gasteiger partial charge in [0.25, 0.3) is 0 Å². The first kappa shape index (κ1) is 39.3. The van der Waals surface area contributed by atoms with Gasteiger partial charge in [0.1, 0.15) is 0 Å². The lowest BCUT2D eigenvalue weighted by Crippen LogP contribution is -2.08. The number of aliphatic imine (C=N–C) groups is 2. The third kappa shape index (κ3) is 8.09. The molecule has 0 aliphatic rings. The molecule has 3 heteroatoms. The fourth-order valence-electron chi connectivity index (χ4n) is 8.28. The van der Waals surface area contributed by atoms with E-state index in [4.69, 9.17) is 9.98 Å². The standard InChI is InChI=1S/C58H46N2S/c1-38(2)56(54-28-17-27-53-52-26-14-15-29-55(52)61-57(53)54)60-58(48-23-16-22-47(37-48)45-32-30-44(31-33-45)43-20-10-7-11-21-43)59-41(5)46-34-35-49(39(3)36-46)51-25-13-12-24-50(51)40(4)42-18-8-6-9-19-42/h6-37,40H,1,5H2,2-4H3. The lowest BCUT2D eigenvalue weighted by Gasteiger charge is -2.19. The summed E-state index contributed by atoms with van der Waals surface area (Å²) in [5, 5.41) is 2.46. The number of hydrogen-bond donors (Lipinski definition) is 0. The summed E-state index contributed by atoms with van der Waals surface area (Å²) in [7, 11) is 0. The van der Waals surface area contributed by atoms with Gasteiger partial charge >= 0.3 is 0 Å². The molecular weight excluding hydrogens is 757 g/mol. The van der Waals surface area contributed by atoms with Crippen molar-refractivity contribution >= 4 is 48.8 Å². The van der Waals surface area contributed by atoms with Crippen molar-refractivity contribution in [3.63, 3.8) is 0 Å². The molecule has 0 amide bonds. The molecule has 0 saturated carbocycles. The Morgan fingerprint density at radius 2 is 1.15 bits per heavy atom. The molecule has 9 aromatic rings. The first-order valence-electron chi connectivity index (χ1n) is 20.8. The van der Waals surface area contributed by atoms with Gasteiger partial charge in [-0.05, 0) is 93.3 Å². The van der Waals surface area contributed by atoms with Gasteiger partial charge in [-0.2, -0.15) is 0 Å². The Bertz CT molecular complexity index is 3130. The molecule has 1 aromatic heterocycles. The first-order chi connectivity index (χ1) is 29.8. The van der Waals surface area contributed by atoms with Crippen molar-refractivity contribution in [2.45, 2.75) is 26.7 Å². The lowest BCUT2D eigenvalue weighted by molar-refractivity contribution is 0.924. The molecule has 0 N–H and O–H groups in total. The molecule has 0 radical (unpaired) electrons. The molecule has 0 spiro atoms. The van der Waals surface area contributed by atoms with E-state index in [1.807, 2.05) is 13.0 Å². The van der Waals surface area contributed by atoms with Crippen molar-refractivity contribution in [1.82, 2.24) is 0 Å². The lowest BCUT2D eigenvalue weighted by atomic mass is 9.85. The van der Waals surface area contributed by atoms with E-state index in [1.54, 1.807) is 11.3 Å². The average Bonchev–Trinajstić information content (AvgIpc) is 3.70. The molecule has 0 saturated heterocycles. The predicted octanol–water partition coefficient (Wildman–Crippen LogP) is 16.0. The van der Waals surface area contributed by atoms with Crippen LogP contribution in [0.2, 0.25) is 0 Å². The van der Waals surface area contributed by atoms with Gasteiger partial charge in [0.2, 0.25) is 0 Å². The van der Waals surface area contributed by atoms with E-state index in [0.29, 0.717) is 11.5 Å². The zero-order valence-corrected chi connectivity index (χ0v) is 35.6. The molecular formula is C58H46N2S. The van der Waals surface area contributed by atoms with Gasteiger partial charge in [0.05, 0.1) is 11.4 Å². The van der Waals surface area contributed by atoms with E-state index in [9.17, 15) is 0 Å². The van der Waals surface area contributed by atoms with Crippen LogP contribution in [0.4, 0.5) is 0 Å². The second-order valence-corrected chi connectivity index (χ2v) is 16.7. The molecule has 0 aliphatic carbocycles. The Morgan fingerprint density at radius 1 is 0.525 bits per heavy atom. The van der Waals surface area contributed by atoms with Gasteiger partial charge in [-0.25, -0.2) is 9.98 Å². The second-order valence-electron chi connectivity index (χ2n) is 15.7. The molecule has 0 bridgehead atoms. The monoisotopic (exact) mass is 802 g/mol. The maximum atomic E-state index is 5.45. The summed E-state index contributed by atoms with van der Waals surface area (Å²) in [6, 6.07) is 68.8. The summed E-state index contributed by atoms with van der Waals surface area (Å²) in [5.41, 5.74) is 15.9. The van der Waals surface area contributed by atoms with Crippen LogP contribution in [0.1, 0.15) is 53.1 Å². The highest BCUT2D eigenvalue weighted by molar-refractivity contribution is 7.26. The second kappa shape index (κ2) is 17.2. The number of nitrogens with zero attached hydrogens (tertiary/aromatic N) is 2. The number of allylic oxidation sites excluding steroid dienone is 1. The maximum absolute atomic E-state index is 5.45. The molecule has 294 valence electrons. The van der Waals surface area contributed by atoms with Crippen molar-refractivity contribution in [2.75, 3.05) is 0 Å². The Labute approximate surface area is 363 Å². The van der Waals surface area contributed by atoms with Crippen LogP contribution in [0.3, 0.4) is 0 Å². The Hall–Kier alpha value is -7.20. The first-order valence-corrected chi connectivity index (χ1v) is 21.6. The largest absolute Gasteiger partial charge is 0.229 e. The van der Waals surface area contributed by atoms with Crippen molar-refractivity contribution in [3.05, 3.63) is 246 Å². The molecule has 1 atom stereocenters. The van der Waals surface area contributed by atoms with Crippen LogP contribution >= 0.6 is 11.3 Å². The normalized spacial score (nSPS) is 12.4. The van der Waals surface area contributed by atoms with Crippen LogP contribution in [0.25, 0.3) is 59.3 Å². The van der Waals surface area contributed by atoms with E-state index >= 15 is 0 Å². The van der Waals surface area contributed by atoms with Crippen LogP contribution in [-0.4, -0.2) is 11.5 Å². The van der Waals surface area contributed by atoms with Gasteiger partial charge in [-0.3, -0.25) is 0 Å². The highest BCUT2D eigenvalue weighted by atomic mass is 32.1. The highest BCUT2D eigenvalue weighted by Crippen LogP contribution is 2.38. The van der Waals surface area contributed by atoms with Gasteiger partial charge in [-0.1, -0.05) is 196 Å². The number of rotatable bonds is 10. The van der Waals surface area contributed by atoms with Crippen LogP contribution in [0, 0.1) is 6.92 Å². The van der Waals surface area contributed by atoms with Gasteiger partial charge < -0.3 is 0 Å². The van der Waals surface area contributed by atoms with Gasteiger partial charge in [0, 0.05) is 37.2 Å². The number of fused-ring (bicyclic) bond motifs is 3. The third-order valence-corrected chi connectivity index (χ3v) is 12.8. The van der Waals surface area contributed by atoms with E-state index in [2.05, 4.69) is 215 Å². The van der Waals surface area contributed by atoms with E-state index < -0.39 is 0 Å². The topological polar surface area (TPSA) is 24.7 Å². The average molecular weight is 803 g/mol. The van der Waals surface area contributed by atoms with E-state index in [-0.39, 0.29) is 5.92 Å². The Kier molecular flexibility index (Phi) is 11.1. The molecule has 0 fully saturated rings. The fraction of sp³-hybridized carbons (Fsp3) is 0.0690. The minimum atomic E-state index is 0.245. The highest BCUT2D eigenvalue weighted by Gasteiger charge is 2.18. The molecule has 61 heavy (non-hydrogen) atoms. The summed E-state index contributed by atoms with van der Waals surface area (Å²) in [4.78, 5) is 10.8. The summed E-state index contributed by atoms with van der Waals surface area (Å²) in [5.74, 6) is 0.822. The number of benzene rings is 8. The van der Waals surface area contributed by atoms with Crippen molar-refractivity contribution in [2.24, 2.45) is 9.98 Å². The fourth-order valence-corrected chi connectivity index (χ4v) is 9.50. The van der Waals surface area contributed by atoms with E-state index in [0.717, 1.165) is 44.7 Å². The quantitative estimate of drug-likeness (QED) is 0.0972. The van der Waals surface area contributed by atoms with Crippen molar-refractivity contribution < 1.29 is 0 Å². The summed E-state index contributed by atoms with van der Waals surface area (Å²) < 4.78 is 2.43. The van der Waals surface area contributed by atoms with Gasteiger partial charge in [0.15, 0.2) is 5.84 Å². The van der Waals surface area contributed by atoms with Crippen LogP contribution in [0.5, 0.6) is 0 Å². The molecule has 8 aromatic carbocycles. The van der Waals surface area contributed by atoms with Crippen LogP contribution < -0.4 is 0 Å². The molecule has 1 heterocycles. The number of hydrogen-bond acceptors (Lipinski definition) is 2. The maximum Gasteiger partial charge on any atom is 0.160 e. The van der Waals surface area contributed by atoms with Crippen LogP contribution in [-0.2, 0) is 0 Å². The predicted molar refractivity (Wildman–Crippen MR) is 264 cm³/mol. The minimum Gasteiger partial charge on any atom is -0.229 e. The number of amidine groups is 1. The van der Waals surface area contributed by atoms with Gasteiger partial charge in [-0.15, -0.1) is 11.3 Å². The third-order valence-electron chi connectivity index (χ3n) is 11.5. The summed E-state index contributed by atoms with van der Waals surface area (Å²) in [6.45, 7) is 15.5. The number of aryl methyl sites for hydroxylation is 1. The Morgan fingerprint density at radius 3 is 1.90 bits per heavy atom. The number of thiophene rings is 1. The Balaban J connectivity index is 1.14. The molecule has 2 nitrogen and oxygen atoms in total. The zero-order chi connectivity index (χ0) is 41.9. The summed E-state index contributed by atoms with van der Waals surface area (Å²) in [6.07, 6.45) is 0. The van der Waals surface area contributed by atoms with Crippen LogP contribution in [0.15, 0.2) is 223 Å². The SMILES string of the molecule is C=C(C)C(=NC(=NC(=C)c1ccc(-c2ccccc2C(C)c2ccccc2)c(C)c1)c1cccc(-c2ccc(-c3ccccc3)cc2)c1)c1cccc2c1sc1ccccc12. The summed E-state index contributed by atoms with van der Waals surface area (Å²) >= 11 is 1.79. The minimum absolute atomic E-state index is 0.245. The van der Waals surface area contributed by atoms with E-state index in [1.165, 1.54) is 53.6 Å². The zero-order valence-electron chi connectivity index (χ0n) is 34.8. The van der Waals surface area contributed by atoms with Crippen molar-refractivity contribution in [3.8, 4) is 33.4 Å². The van der Waals surface area contributed by atoms with Crippen molar-refractivity contribution in [1.29, 1.82) is 0 Å². The molecule has 9 rings (SSSR count). The smallest absolute Gasteiger partial charge is 0.160 e. The molecule has 1 unspecified atom stereocenters.